The van der Waals surface area contributed by atoms with Gasteiger partial charge in [0.2, 0.25) is 5.91 Å². The van der Waals surface area contributed by atoms with Gasteiger partial charge in [-0.2, -0.15) is 0 Å². The maximum atomic E-state index is 13.6. The lowest BCUT2D eigenvalue weighted by atomic mass is 9.91. The van der Waals surface area contributed by atoms with Crippen LogP contribution in [0.2, 0.25) is 0 Å². The van der Waals surface area contributed by atoms with Crippen LogP contribution in [-0.2, 0) is 9.59 Å². The summed E-state index contributed by atoms with van der Waals surface area (Å²) in [5, 5.41) is 2.73. The smallest absolute Gasteiger partial charge is 0.252 e. The molecule has 1 atom stereocenters. The van der Waals surface area contributed by atoms with Crippen LogP contribution < -0.4 is 10.2 Å². The molecule has 1 aromatic carbocycles. The number of halogens is 2. The highest BCUT2D eigenvalue weighted by atomic mass is 79.9. The first-order valence-electron chi connectivity index (χ1n) is 6.76. The average molecular weight is 357 g/mol. The molecule has 1 unspecified atom stereocenters. The van der Waals surface area contributed by atoms with Crippen LogP contribution in [0, 0.1) is 11.7 Å². The van der Waals surface area contributed by atoms with Crippen LogP contribution >= 0.6 is 15.9 Å². The van der Waals surface area contributed by atoms with Gasteiger partial charge in [-0.15, -0.1) is 0 Å². The van der Waals surface area contributed by atoms with E-state index in [-0.39, 0.29) is 17.7 Å². The number of benzene rings is 1. The predicted molar refractivity (Wildman–Crippen MR) is 82.4 cm³/mol. The van der Waals surface area contributed by atoms with Gasteiger partial charge in [-0.25, -0.2) is 4.39 Å². The SMILES string of the molecule is CC(C)C1C(=O)NC(C)(C)C(=O)N1c1cc(F)ccc1Br. The maximum absolute atomic E-state index is 13.6. The van der Waals surface area contributed by atoms with Crippen LogP contribution in [-0.4, -0.2) is 23.4 Å². The Balaban J connectivity index is 2.61. The average Bonchev–Trinajstić information content (AvgIpc) is 2.35. The topological polar surface area (TPSA) is 49.4 Å². The molecule has 1 saturated heterocycles. The van der Waals surface area contributed by atoms with Crippen molar-refractivity contribution in [3.8, 4) is 0 Å². The van der Waals surface area contributed by atoms with E-state index in [1.807, 2.05) is 13.8 Å². The molecule has 4 nitrogen and oxygen atoms in total. The minimum atomic E-state index is -1.02. The van der Waals surface area contributed by atoms with Crippen LogP contribution in [0.3, 0.4) is 0 Å². The highest BCUT2D eigenvalue weighted by Crippen LogP contribution is 2.34. The molecule has 6 heteroatoms. The molecule has 1 heterocycles. The van der Waals surface area contributed by atoms with Crippen LogP contribution in [0.25, 0.3) is 0 Å². The molecule has 114 valence electrons. The first-order chi connectivity index (χ1) is 9.65. The van der Waals surface area contributed by atoms with Gasteiger partial charge in [-0.05, 0) is 53.9 Å². The van der Waals surface area contributed by atoms with E-state index in [2.05, 4.69) is 21.2 Å². The lowest BCUT2D eigenvalue weighted by Crippen LogP contribution is -2.69. The summed E-state index contributed by atoms with van der Waals surface area (Å²) in [7, 11) is 0. The molecule has 1 aliphatic rings. The van der Waals surface area contributed by atoms with E-state index >= 15 is 0 Å². The Labute approximate surface area is 131 Å². The minimum absolute atomic E-state index is 0.0970. The molecule has 2 amide bonds. The first kappa shape index (κ1) is 15.9. The van der Waals surface area contributed by atoms with Crippen molar-refractivity contribution in [3.63, 3.8) is 0 Å². The zero-order valence-corrected chi connectivity index (χ0v) is 14.0. The molecular weight excluding hydrogens is 339 g/mol. The predicted octanol–water partition coefficient (Wildman–Crippen LogP) is 2.85. The molecule has 1 fully saturated rings. The molecule has 0 aromatic heterocycles. The summed E-state index contributed by atoms with van der Waals surface area (Å²) in [6, 6.07) is 3.45. The summed E-state index contributed by atoms with van der Waals surface area (Å²) in [5.41, 5.74) is -0.643. The van der Waals surface area contributed by atoms with Crippen molar-refractivity contribution in [1.82, 2.24) is 5.32 Å². The minimum Gasteiger partial charge on any atom is -0.340 e. The number of nitrogens with one attached hydrogen (secondary N) is 1. The highest BCUT2D eigenvalue weighted by molar-refractivity contribution is 9.10. The van der Waals surface area contributed by atoms with Crippen molar-refractivity contribution in [2.24, 2.45) is 5.92 Å². The number of carbonyl (C=O) groups is 2. The Morgan fingerprint density at radius 2 is 1.95 bits per heavy atom. The third-order valence-corrected chi connectivity index (χ3v) is 4.21. The largest absolute Gasteiger partial charge is 0.340 e. The number of hydrogen-bond donors (Lipinski definition) is 1. The van der Waals surface area contributed by atoms with E-state index in [0.29, 0.717) is 10.2 Å². The van der Waals surface area contributed by atoms with Gasteiger partial charge in [0.05, 0.1) is 5.69 Å². The molecule has 0 radical (unpaired) electrons. The van der Waals surface area contributed by atoms with Crippen LogP contribution in [0.4, 0.5) is 10.1 Å². The van der Waals surface area contributed by atoms with E-state index in [0.717, 1.165) is 0 Å². The van der Waals surface area contributed by atoms with Gasteiger partial charge in [0.1, 0.15) is 17.4 Å². The van der Waals surface area contributed by atoms with E-state index < -0.39 is 17.4 Å². The van der Waals surface area contributed by atoms with Gasteiger partial charge in [0.25, 0.3) is 5.91 Å². The van der Waals surface area contributed by atoms with Gasteiger partial charge in [0, 0.05) is 4.47 Å². The Morgan fingerprint density at radius 1 is 1.33 bits per heavy atom. The number of nitrogens with zero attached hydrogens (tertiary/aromatic N) is 1. The van der Waals surface area contributed by atoms with Crippen molar-refractivity contribution in [2.45, 2.75) is 39.3 Å². The summed E-state index contributed by atoms with van der Waals surface area (Å²) >= 11 is 3.34. The Kier molecular flexibility index (Phi) is 4.10. The molecule has 0 bridgehead atoms. The van der Waals surface area contributed by atoms with Crippen molar-refractivity contribution in [1.29, 1.82) is 0 Å². The van der Waals surface area contributed by atoms with Crippen LogP contribution in [0.15, 0.2) is 22.7 Å². The Hall–Kier alpha value is -1.43. The molecule has 1 aromatic rings. The van der Waals surface area contributed by atoms with Crippen LogP contribution in [0.1, 0.15) is 27.7 Å². The maximum Gasteiger partial charge on any atom is 0.252 e. The van der Waals surface area contributed by atoms with Crippen molar-refractivity contribution < 1.29 is 14.0 Å². The number of carbonyl (C=O) groups excluding carboxylic acids is 2. The second kappa shape index (κ2) is 5.40. The van der Waals surface area contributed by atoms with Gasteiger partial charge >= 0.3 is 0 Å². The standard InChI is InChI=1S/C15H18BrFN2O2/c1-8(2)12-13(20)18-15(3,4)14(21)19(12)11-7-9(17)5-6-10(11)16/h5-8,12H,1-4H3,(H,18,20). The van der Waals surface area contributed by atoms with Gasteiger partial charge in [-0.3, -0.25) is 14.5 Å². The number of piperazine rings is 1. The Bertz CT molecular complexity index is 601. The molecule has 1 N–H and O–H groups in total. The van der Waals surface area contributed by atoms with Gasteiger partial charge < -0.3 is 5.32 Å². The quantitative estimate of drug-likeness (QED) is 0.885. The Morgan fingerprint density at radius 3 is 2.52 bits per heavy atom. The third kappa shape index (κ3) is 2.81. The fourth-order valence-corrected chi connectivity index (χ4v) is 2.95. The van der Waals surface area contributed by atoms with E-state index in [1.165, 1.54) is 23.1 Å². The summed E-state index contributed by atoms with van der Waals surface area (Å²) in [5.74, 6) is -1.04. The fraction of sp³-hybridized carbons (Fsp3) is 0.467. The highest BCUT2D eigenvalue weighted by Gasteiger charge is 2.47. The van der Waals surface area contributed by atoms with E-state index in [4.69, 9.17) is 0 Å². The first-order valence-corrected chi connectivity index (χ1v) is 7.55. The molecule has 21 heavy (non-hydrogen) atoms. The summed E-state index contributed by atoms with van der Waals surface area (Å²) < 4.78 is 14.2. The number of hydrogen-bond acceptors (Lipinski definition) is 2. The monoisotopic (exact) mass is 356 g/mol. The summed E-state index contributed by atoms with van der Waals surface area (Å²) in [6.07, 6.45) is 0. The summed E-state index contributed by atoms with van der Waals surface area (Å²) in [4.78, 5) is 26.5. The molecule has 0 saturated carbocycles. The zero-order chi connectivity index (χ0) is 15.9. The molecule has 0 aliphatic carbocycles. The molecule has 0 spiro atoms. The van der Waals surface area contributed by atoms with Crippen molar-refractivity contribution >= 4 is 33.4 Å². The van der Waals surface area contributed by atoms with Gasteiger partial charge in [-0.1, -0.05) is 13.8 Å². The van der Waals surface area contributed by atoms with Gasteiger partial charge in [0.15, 0.2) is 0 Å². The molecular formula is C15H18BrFN2O2. The fourth-order valence-electron chi connectivity index (χ4n) is 2.51. The van der Waals surface area contributed by atoms with Crippen molar-refractivity contribution in [2.75, 3.05) is 4.90 Å². The normalized spacial score (nSPS) is 21.7. The molecule has 1 aliphatic heterocycles. The van der Waals surface area contributed by atoms with Crippen molar-refractivity contribution in [3.05, 3.63) is 28.5 Å². The summed E-state index contributed by atoms with van der Waals surface area (Å²) in [6.45, 7) is 7.00. The number of amides is 2. The lowest BCUT2D eigenvalue weighted by Gasteiger charge is -2.44. The van der Waals surface area contributed by atoms with E-state index in [9.17, 15) is 14.0 Å². The van der Waals surface area contributed by atoms with E-state index in [1.54, 1.807) is 13.8 Å². The second-order valence-corrected chi connectivity index (χ2v) is 6.93. The van der Waals surface area contributed by atoms with Crippen LogP contribution in [0.5, 0.6) is 0 Å². The second-order valence-electron chi connectivity index (χ2n) is 6.07. The number of anilines is 1. The number of rotatable bonds is 2. The molecule has 2 rings (SSSR count). The lowest BCUT2D eigenvalue weighted by molar-refractivity contribution is -0.138. The third-order valence-electron chi connectivity index (χ3n) is 3.54. The zero-order valence-electron chi connectivity index (χ0n) is 12.4.